The molecular formula is C18H20FN3O4S. The summed E-state index contributed by atoms with van der Waals surface area (Å²) in [6, 6.07) is 4.23. The molecule has 1 aliphatic rings. The third-order valence-electron chi connectivity index (χ3n) is 4.42. The number of hydrogen-bond donors (Lipinski definition) is 0. The molecule has 1 saturated heterocycles. The molecule has 27 heavy (non-hydrogen) atoms. The molecule has 3 rings (SSSR count). The summed E-state index contributed by atoms with van der Waals surface area (Å²) in [5, 5.41) is -0.793. The fourth-order valence-electron chi connectivity index (χ4n) is 3.08. The lowest BCUT2D eigenvalue weighted by atomic mass is 10.1. The first-order chi connectivity index (χ1) is 12.8. The summed E-state index contributed by atoms with van der Waals surface area (Å²) in [6.45, 7) is 2.14. The van der Waals surface area contributed by atoms with Crippen molar-refractivity contribution in [1.29, 1.82) is 0 Å². The Labute approximate surface area is 157 Å². The van der Waals surface area contributed by atoms with E-state index in [1.165, 1.54) is 23.4 Å². The Morgan fingerprint density at radius 3 is 2.85 bits per heavy atom. The van der Waals surface area contributed by atoms with Gasteiger partial charge in [-0.25, -0.2) is 22.8 Å². The number of likely N-dealkylation sites (tertiary alicyclic amines) is 1. The number of benzene rings is 1. The molecule has 2 aromatic rings. The van der Waals surface area contributed by atoms with E-state index in [9.17, 15) is 17.6 Å². The van der Waals surface area contributed by atoms with E-state index in [1.807, 2.05) is 0 Å². The molecule has 0 bridgehead atoms. The second-order valence-electron chi connectivity index (χ2n) is 6.57. The summed E-state index contributed by atoms with van der Waals surface area (Å²) in [7, 11) is -3.34. The van der Waals surface area contributed by atoms with Crippen LogP contribution in [0.4, 0.5) is 4.39 Å². The Kier molecular flexibility index (Phi) is 5.41. The molecule has 1 unspecified atom stereocenters. The van der Waals surface area contributed by atoms with Crippen molar-refractivity contribution in [2.24, 2.45) is 0 Å². The van der Waals surface area contributed by atoms with E-state index in [-0.39, 0.29) is 24.0 Å². The number of aryl methyl sites for hydroxylation is 1. The molecule has 1 aliphatic heterocycles. The van der Waals surface area contributed by atoms with Gasteiger partial charge in [0.15, 0.2) is 21.4 Å². The van der Waals surface area contributed by atoms with Gasteiger partial charge in [-0.05, 0) is 37.5 Å². The van der Waals surface area contributed by atoms with Crippen molar-refractivity contribution >= 4 is 15.7 Å². The van der Waals surface area contributed by atoms with Crippen LogP contribution in [0.15, 0.2) is 30.7 Å². The van der Waals surface area contributed by atoms with Gasteiger partial charge in [-0.3, -0.25) is 4.79 Å². The quantitative estimate of drug-likeness (QED) is 0.774. The average Bonchev–Trinajstić information content (AvgIpc) is 3.09. The van der Waals surface area contributed by atoms with Gasteiger partial charge >= 0.3 is 0 Å². The van der Waals surface area contributed by atoms with Crippen LogP contribution in [0.5, 0.6) is 11.6 Å². The van der Waals surface area contributed by atoms with Crippen molar-refractivity contribution in [3.05, 3.63) is 47.7 Å². The molecule has 7 nitrogen and oxygen atoms in total. The fraction of sp³-hybridized carbons (Fsp3) is 0.389. The average molecular weight is 393 g/mol. The highest BCUT2D eigenvalue weighted by Gasteiger charge is 2.35. The first-order valence-electron chi connectivity index (χ1n) is 8.47. The van der Waals surface area contributed by atoms with E-state index in [4.69, 9.17) is 4.74 Å². The predicted molar refractivity (Wildman–Crippen MR) is 96.5 cm³/mol. The van der Waals surface area contributed by atoms with Gasteiger partial charge < -0.3 is 9.64 Å². The summed E-state index contributed by atoms with van der Waals surface area (Å²) >= 11 is 0. The van der Waals surface area contributed by atoms with Gasteiger partial charge in [0.05, 0.1) is 6.42 Å². The largest absolute Gasteiger partial charge is 0.436 e. The minimum atomic E-state index is -3.34. The maximum absolute atomic E-state index is 14.4. The first kappa shape index (κ1) is 19.2. The number of aromatic nitrogens is 2. The number of amides is 1. The minimum absolute atomic E-state index is 0.0109. The second-order valence-corrected chi connectivity index (χ2v) is 8.77. The fourth-order valence-corrected chi connectivity index (χ4v) is 4.36. The maximum Gasteiger partial charge on any atom is 0.228 e. The number of carbonyl (C=O) groups excluding carboxylic acids is 1. The Balaban J connectivity index is 1.72. The SMILES string of the molecule is Cc1cncnc1Oc1ccc(CC(=O)N2CCCC2S(C)(=O)=O)cc1F. The highest BCUT2D eigenvalue weighted by atomic mass is 32.2. The third kappa shape index (κ3) is 4.41. The molecule has 0 radical (unpaired) electrons. The maximum atomic E-state index is 14.4. The standard InChI is InChI=1S/C18H20FN3O4S/c1-12-10-20-11-21-18(12)26-15-6-5-13(8-14(15)19)9-16(23)22-7-3-4-17(22)27(2,24)25/h5-6,8,10-11,17H,3-4,7,9H2,1-2H3. The van der Waals surface area contributed by atoms with Gasteiger partial charge in [-0.2, -0.15) is 0 Å². The Bertz CT molecular complexity index is 965. The molecule has 1 aromatic heterocycles. The monoisotopic (exact) mass is 393 g/mol. The van der Waals surface area contributed by atoms with E-state index < -0.39 is 21.0 Å². The van der Waals surface area contributed by atoms with Crippen LogP contribution < -0.4 is 4.74 Å². The van der Waals surface area contributed by atoms with Crippen molar-refractivity contribution in [2.75, 3.05) is 12.8 Å². The zero-order valence-electron chi connectivity index (χ0n) is 15.1. The molecule has 0 aliphatic carbocycles. The van der Waals surface area contributed by atoms with Crippen LogP contribution in [0.2, 0.25) is 0 Å². The Morgan fingerprint density at radius 1 is 1.41 bits per heavy atom. The van der Waals surface area contributed by atoms with Crippen molar-refractivity contribution in [3.8, 4) is 11.6 Å². The highest BCUT2D eigenvalue weighted by molar-refractivity contribution is 7.91. The van der Waals surface area contributed by atoms with Crippen LogP contribution in [-0.2, 0) is 21.1 Å². The topological polar surface area (TPSA) is 89.5 Å². The lowest BCUT2D eigenvalue weighted by Gasteiger charge is -2.23. The van der Waals surface area contributed by atoms with Gasteiger partial charge in [0.2, 0.25) is 11.8 Å². The van der Waals surface area contributed by atoms with E-state index in [2.05, 4.69) is 9.97 Å². The van der Waals surface area contributed by atoms with Gasteiger partial charge in [0.25, 0.3) is 0 Å². The van der Waals surface area contributed by atoms with E-state index in [0.29, 0.717) is 30.5 Å². The van der Waals surface area contributed by atoms with E-state index in [0.717, 1.165) is 6.26 Å². The Morgan fingerprint density at radius 2 is 2.19 bits per heavy atom. The molecule has 0 N–H and O–H groups in total. The number of ether oxygens (including phenoxy) is 1. The molecule has 0 saturated carbocycles. The van der Waals surface area contributed by atoms with Gasteiger partial charge in [-0.1, -0.05) is 6.07 Å². The van der Waals surface area contributed by atoms with Crippen LogP contribution in [0.3, 0.4) is 0 Å². The number of rotatable bonds is 5. The molecule has 1 aromatic carbocycles. The first-order valence-corrected chi connectivity index (χ1v) is 10.4. The lowest BCUT2D eigenvalue weighted by Crippen LogP contribution is -2.40. The number of halogens is 1. The van der Waals surface area contributed by atoms with Crippen LogP contribution in [0, 0.1) is 12.7 Å². The van der Waals surface area contributed by atoms with E-state index in [1.54, 1.807) is 19.2 Å². The van der Waals surface area contributed by atoms with E-state index >= 15 is 0 Å². The zero-order valence-corrected chi connectivity index (χ0v) is 15.9. The van der Waals surface area contributed by atoms with Crippen LogP contribution in [0.1, 0.15) is 24.0 Å². The summed E-state index contributed by atoms with van der Waals surface area (Å²) < 4.78 is 43.5. The third-order valence-corrected chi connectivity index (χ3v) is 5.90. The highest BCUT2D eigenvalue weighted by Crippen LogP contribution is 2.27. The molecular weight excluding hydrogens is 373 g/mol. The van der Waals surface area contributed by atoms with Crippen molar-refractivity contribution in [1.82, 2.24) is 14.9 Å². The number of nitrogens with zero attached hydrogens (tertiary/aromatic N) is 3. The normalized spacial score (nSPS) is 17.1. The van der Waals surface area contributed by atoms with Crippen LogP contribution in [-0.4, -0.2) is 47.4 Å². The van der Waals surface area contributed by atoms with Gasteiger partial charge in [-0.15, -0.1) is 0 Å². The molecule has 1 atom stereocenters. The number of sulfone groups is 1. The smallest absolute Gasteiger partial charge is 0.228 e. The second kappa shape index (κ2) is 7.59. The minimum Gasteiger partial charge on any atom is -0.436 e. The predicted octanol–water partition coefficient (Wildman–Crippen LogP) is 2.25. The summed E-state index contributed by atoms with van der Waals surface area (Å²) in [5.74, 6) is -0.717. The summed E-state index contributed by atoms with van der Waals surface area (Å²) in [4.78, 5) is 21.7. The van der Waals surface area contributed by atoms with Gasteiger partial charge in [0.1, 0.15) is 11.7 Å². The molecule has 1 fully saturated rings. The lowest BCUT2D eigenvalue weighted by molar-refractivity contribution is -0.130. The molecule has 0 spiro atoms. The number of hydrogen-bond acceptors (Lipinski definition) is 6. The molecule has 1 amide bonds. The van der Waals surface area contributed by atoms with Crippen molar-refractivity contribution < 1.29 is 22.3 Å². The van der Waals surface area contributed by atoms with Crippen LogP contribution in [0.25, 0.3) is 0 Å². The van der Waals surface area contributed by atoms with Crippen molar-refractivity contribution in [3.63, 3.8) is 0 Å². The molecule has 144 valence electrons. The van der Waals surface area contributed by atoms with Crippen molar-refractivity contribution in [2.45, 2.75) is 31.6 Å². The summed E-state index contributed by atoms with van der Waals surface area (Å²) in [6.07, 6.45) is 5.00. The molecule has 9 heteroatoms. The Hall–Kier alpha value is -2.55. The zero-order chi connectivity index (χ0) is 19.6. The summed E-state index contributed by atoms with van der Waals surface area (Å²) in [5.41, 5.74) is 1.11. The number of carbonyl (C=O) groups is 1. The van der Waals surface area contributed by atoms with Gasteiger partial charge in [0, 0.05) is 24.6 Å². The molecule has 2 heterocycles. The van der Waals surface area contributed by atoms with Crippen LogP contribution >= 0.6 is 0 Å².